The summed E-state index contributed by atoms with van der Waals surface area (Å²) in [6.45, 7) is 0. The molecule has 22 heavy (non-hydrogen) atoms. The Labute approximate surface area is 127 Å². The number of methoxy groups -OCH3 is 1. The van der Waals surface area contributed by atoms with Crippen LogP contribution in [0.25, 0.3) is 0 Å². The molecule has 0 saturated carbocycles. The highest BCUT2D eigenvalue weighted by atomic mass is 16.5. The van der Waals surface area contributed by atoms with Crippen molar-refractivity contribution >= 4 is 17.8 Å². The number of nitrogens with two attached hydrogens (primary N) is 1. The van der Waals surface area contributed by atoms with E-state index in [2.05, 4.69) is 15.0 Å². The number of pyridine rings is 1. The Morgan fingerprint density at radius 2 is 2.18 bits per heavy atom. The first kappa shape index (κ1) is 17.6. The molecule has 0 aromatic carbocycles. The number of carbonyl (C=O) groups is 3. The van der Waals surface area contributed by atoms with E-state index in [1.54, 1.807) is 24.5 Å². The maximum absolute atomic E-state index is 12.0. The van der Waals surface area contributed by atoms with Gasteiger partial charge in [-0.3, -0.25) is 14.6 Å². The highest BCUT2D eigenvalue weighted by Gasteiger charge is 2.25. The van der Waals surface area contributed by atoms with Crippen molar-refractivity contribution in [2.24, 2.45) is 5.73 Å². The molecule has 4 N–H and O–H groups in total. The molecular weight excluding hydrogens is 290 g/mol. The van der Waals surface area contributed by atoms with Crippen LogP contribution in [0.3, 0.4) is 0 Å². The summed E-state index contributed by atoms with van der Waals surface area (Å²) in [4.78, 5) is 38.1. The van der Waals surface area contributed by atoms with Gasteiger partial charge in [0.25, 0.3) is 0 Å². The molecule has 1 rings (SSSR count). The van der Waals surface area contributed by atoms with Crippen LogP contribution >= 0.6 is 0 Å². The van der Waals surface area contributed by atoms with E-state index in [0.29, 0.717) is 0 Å². The first-order valence-electron chi connectivity index (χ1n) is 6.68. The standard InChI is InChI=1S/C14H19N3O5/c1-22-14(21)11(4-5-12(18)19)17-13(20)10(15)7-9-3-2-6-16-8-9/h2-3,6,8,10-11H,4-5,7,15H2,1H3,(H,17,20)(H,18,19)/t10-,11-/m0/s1. The number of nitrogens with one attached hydrogen (secondary N) is 1. The number of carboxylic acid groups (broad SMARTS) is 1. The highest BCUT2D eigenvalue weighted by Crippen LogP contribution is 2.03. The third kappa shape index (κ3) is 5.88. The van der Waals surface area contributed by atoms with Crippen molar-refractivity contribution in [3.05, 3.63) is 30.1 Å². The van der Waals surface area contributed by atoms with Gasteiger partial charge in [0, 0.05) is 18.8 Å². The average molecular weight is 309 g/mol. The summed E-state index contributed by atoms with van der Waals surface area (Å²) in [6, 6.07) is 1.60. The molecular formula is C14H19N3O5. The van der Waals surface area contributed by atoms with Gasteiger partial charge in [-0.1, -0.05) is 6.07 Å². The third-order valence-corrected chi connectivity index (χ3v) is 2.96. The molecule has 8 nitrogen and oxygen atoms in total. The minimum atomic E-state index is -1.07. The molecule has 0 saturated heterocycles. The lowest BCUT2D eigenvalue weighted by Crippen LogP contribution is -2.49. The van der Waals surface area contributed by atoms with Gasteiger partial charge in [-0.15, -0.1) is 0 Å². The van der Waals surface area contributed by atoms with Gasteiger partial charge in [-0.05, 0) is 24.5 Å². The van der Waals surface area contributed by atoms with Crippen molar-refractivity contribution in [1.82, 2.24) is 10.3 Å². The number of aromatic nitrogens is 1. The summed E-state index contributed by atoms with van der Waals surface area (Å²) in [5.74, 6) is -2.32. The van der Waals surface area contributed by atoms with E-state index < -0.39 is 29.9 Å². The smallest absolute Gasteiger partial charge is 0.328 e. The van der Waals surface area contributed by atoms with Crippen LogP contribution in [0.4, 0.5) is 0 Å². The first-order valence-corrected chi connectivity index (χ1v) is 6.68. The Bertz CT molecular complexity index is 520. The molecule has 0 spiro atoms. The molecule has 2 atom stereocenters. The van der Waals surface area contributed by atoms with Crippen molar-refractivity contribution in [2.45, 2.75) is 31.3 Å². The van der Waals surface area contributed by atoms with Crippen molar-refractivity contribution < 1.29 is 24.2 Å². The molecule has 0 aliphatic heterocycles. The lowest BCUT2D eigenvalue weighted by molar-refractivity contribution is -0.146. The predicted octanol–water partition coefficient (Wildman–Crippen LogP) is -0.526. The van der Waals surface area contributed by atoms with E-state index in [4.69, 9.17) is 10.8 Å². The van der Waals surface area contributed by atoms with Crippen molar-refractivity contribution in [3.8, 4) is 0 Å². The lowest BCUT2D eigenvalue weighted by Gasteiger charge is -2.18. The van der Waals surface area contributed by atoms with E-state index in [9.17, 15) is 14.4 Å². The number of ether oxygens (including phenoxy) is 1. The Hall–Kier alpha value is -2.48. The SMILES string of the molecule is COC(=O)[C@H](CCC(=O)O)NC(=O)[C@@H](N)Cc1cccnc1. The molecule has 1 heterocycles. The van der Waals surface area contributed by atoms with Gasteiger partial charge in [0.05, 0.1) is 13.2 Å². The fourth-order valence-electron chi connectivity index (χ4n) is 1.80. The zero-order valence-corrected chi connectivity index (χ0v) is 12.2. The summed E-state index contributed by atoms with van der Waals surface area (Å²) < 4.78 is 4.55. The number of nitrogens with zero attached hydrogens (tertiary/aromatic N) is 1. The molecule has 120 valence electrons. The van der Waals surface area contributed by atoms with Gasteiger partial charge in [-0.2, -0.15) is 0 Å². The second kappa shape index (κ2) is 8.73. The van der Waals surface area contributed by atoms with Crippen molar-refractivity contribution in [1.29, 1.82) is 0 Å². The zero-order chi connectivity index (χ0) is 16.5. The van der Waals surface area contributed by atoms with Crippen LogP contribution in [-0.2, 0) is 25.5 Å². The molecule has 1 aromatic heterocycles. The highest BCUT2D eigenvalue weighted by molar-refractivity contribution is 5.87. The van der Waals surface area contributed by atoms with E-state index in [0.717, 1.165) is 12.7 Å². The number of aliphatic carboxylic acids is 1. The first-order chi connectivity index (χ1) is 10.4. The van der Waals surface area contributed by atoms with Gasteiger partial charge >= 0.3 is 11.9 Å². The quantitative estimate of drug-likeness (QED) is 0.550. The summed E-state index contributed by atoms with van der Waals surface area (Å²) in [5.41, 5.74) is 6.57. The molecule has 0 radical (unpaired) electrons. The number of rotatable bonds is 8. The molecule has 0 unspecified atom stereocenters. The van der Waals surface area contributed by atoms with E-state index in [1.165, 1.54) is 0 Å². The summed E-state index contributed by atoms with van der Waals surface area (Å²) in [7, 11) is 1.16. The average Bonchev–Trinajstić information content (AvgIpc) is 2.51. The molecule has 8 heteroatoms. The zero-order valence-electron chi connectivity index (χ0n) is 12.2. The van der Waals surface area contributed by atoms with Crippen LogP contribution in [0, 0.1) is 0 Å². The van der Waals surface area contributed by atoms with Crippen molar-refractivity contribution in [3.63, 3.8) is 0 Å². The fourth-order valence-corrected chi connectivity index (χ4v) is 1.80. The van der Waals surface area contributed by atoms with Gasteiger partial charge in [0.2, 0.25) is 5.91 Å². The summed E-state index contributed by atoms with van der Waals surface area (Å²) in [6.07, 6.45) is 3.13. The summed E-state index contributed by atoms with van der Waals surface area (Å²) >= 11 is 0. The Balaban J connectivity index is 2.61. The Kier molecular flexibility index (Phi) is 6.97. The minimum Gasteiger partial charge on any atom is -0.481 e. The van der Waals surface area contributed by atoms with Gasteiger partial charge in [-0.25, -0.2) is 4.79 Å². The van der Waals surface area contributed by atoms with Crippen LogP contribution in [0.2, 0.25) is 0 Å². The third-order valence-electron chi connectivity index (χ3n) is 2.96. The molecule has 0 bridgehead atoms. The molecule has 0 aliphatic carbocycles. The van der Waals surface area contributed by atoms with Crippen LogP contribution in [0.5, 0.6) is 0 Å². The predicted molar refractivity (Wildman–Crippen MR) is 76.7 cm³/mol. The lowest BCUT2D eigenvalue weighted by atomic mass is 10.1. The topological polar surface area (TPSA) is 132 Å². The number of hydrogen-bond acceptors (Lipinski definition) is 6. The van der Waals surface area contributed by atoms with Crippen LogP contribution in [-0.4, -0.2) is 47.1 Å². The number of esters is 1. The van der Waals surface area contributed by atoms with Crippen LogP contribution in [0.15, 0.2) is 24.5 Å². The second-order valence-electron chi connectivity index (χ2n) is 4.69. The number of amides is 1. The molecule has 1 aromatic rings. The normalized spacial score (nSPS) is 13.0. The maximum atomic E-state index is 12.0. The number of carbonyl (C=O) groups excluding carboxylic acids is 2. The Morgan fingerprint density at radius 1 is 1.45 bits per heavy atom. The van der Waals surface area contributed by atoms with E-state index >= 15 is 0 Å². The fraction of sp³-hybridized carbons (Fsp3) is 0.429. The number of carboxylic acids is 1. The van der Waals surface area contributed by atoms with Crippen LogP contribution in [0.1, 0.15) is 18.4 Å². The molecule has 1 amide bonds. The summed E-state index contributed by atoms with van der Waals surface area (Å²) in [5, 5.41) is 11.1. The molecule has 0 fully saturated rings. The Morgan fingerprint density at radius 3 is 2.73 bits per heavy atom. The monoisotopic (exact) mass is 309 g/mol. The number of hydrogen-bond donors (Lipinski definition) is 3. The van der Waals surface area contributed by atoms with E-state index in [-0.39, 0.29) is 19.3 Å². The van der Waals surface area contributed by atoms with Crippen molar-refractivity contribution in [2.75, 3.05) is 7.11 Å². The van der Waals surface area contributed by atoms with Gasteiger partial charge in [0.15, 0.2) is 0 Å². The van der Waals surface area contributed by atoms with Gasteiger partial charge < -0.3 is 20.9 Å². The minimum absolute atomic E-state index is 0.0621. The maximum Gasteiger partial charge on any atom is 0.328 e. The van der Waals surface area contributed by atoms with Crippen LogP contribution < -0.4 is 11.1 Å². The molecule has 0 aliphatic rings. The van der Waals surface area contributed by atoms with Gasteiger partial charge in [0.1, 0.15) is 6.04 Å². The largest absolute Gasteiger partial charge is 0.481 e. The second-order valence-corrected chi connectivity index (χ2v) is 4.69. The van der Waals surface area contributed by atoms with E-state index in [1.807, 2.05) is 0 Å².